The molecule has 0 saturated heterocycles. The smallest absolute Gasteiger partial charge is 0.222 e. The van der Waals surface area contributed by atoms with E-state index in [-0.39, 0.29) is 11.2 Å². The molecule has 0 amide bonds. The van der Waals surface area contributed by atoms with Crippen LogP contribution in [0.1, 0.15) is 24.8 Å². The molecular formula is C10H10BrClO. The van der Waals surface area contributed by atoms with Gasteiger partial charge in [0.05, 0.1) is 0 Å². The molecule has 1 unspecified atom stereocenters. The quantitative estimate of drug-likeness (QED) is 0.758. The van der Waals surface area contributed by atoms with Crippen molar-refractivity contribution in [2.24, 2.45) is 0 Å². The maximum absolute atomic E-state index is 10.7. The molecular weight excluding hydrogens is 251 g/mol. The zero-order chi connectivity index (χ0) is 9.84. The van der Waals surface area contributed by atoms with Crippen LogP contribution in [0.15, 0.2) is 28.7 Å². The lowest BCUT2D eigenvalue weighted by atomic mass is 9.99. The molecule has 0 spiro atoms. The van der Waals surface area contributed by atoms with Crippen molar-refractivity contribution in [3.8, 4) is 0 Å². The van der Waals surface area contributed by atoms with E-state index in [0.29, 0.717) is 6.42 Å². The lowest BCUT2D eigenvalue weighted by Gasteiger charge is -2.08. The summed E-state index contributed by atoms with van der Waals surface area (Å²) in [6.45, 7) is 1.99. The Bertz CT molecular complexity index is 312. The van der Waals surface area contributed by atoms with Crippen LogP contribution < -0.4 is 0 Å². The summed E-state index contributed by atoms with van der Waals surface area (Å²) in [6.07, 6.45) is 0.387. The fraction of sp³-hybridized carbons (Fsp3) is 0.300. The van der Waals surface area contributed by atoms with Crippen LogP contribution in [0.3, 0.4) is 0 Å². The average Bonchev–Trinajstić information content (AvgIpc) is 2.03. The monoisotopic (exact) mass is 260 g/mol. The van der Waals surface area contributed by atoms with E-state index in [1.54, 1.807) is 0 Å². The highest BCUT2D eigenvalue weighted by Gasteiger charge is 2.09. The van der Waals surface area contributed by atoms with Crippen molar-refractivity contribution in [1.82, 2.24) is 0 Å². The van der Waals surface area contributed by atoms with Crippen LogP contribution in [-0.4, -0.2) is 5.24 Å². The van der Waals surface area contributed by atoms with E-state index in [0.717, 1.165) is 10.0 Å². The van der Waals surface area contributed by atoms with Crippen LogP contribution in [-0.2, 0) is 4.79 Å². The highest BCUT2D eigenvalue weighted by molar-refractivity contribution is 9.10. The fourth-order valence-electron chi connectivity index (χ4n) is 1.17. The molecule has 0 N–H and O–H groups in total. The molecule has 70 valence electrons. The lowest BCUT2D eigenvalue weighted by molar-refractivity contribution is -0.111. The lowest BCUT2D eigenvalue weighted by Crippen LogP contribution is -1.98. The topological polar surface area (TPSA) is 17.1 Å². The Labute approximate surface area is 91.2 Å². The van der Waals surface area contributed by atoms with Gasteiger partial charge in [0.2, 0.25) is 5.24 Å². The van der Waals surface area contributed by atoms with Gasteiger partial charge in [0, 0.05) is 10.9 Å². The Kier molecular flexibility index (Phi) is 3.94. The van der Waals surface area contributed by atoms with Gasteiger partial charge in [0.15, 0.2) is 0 Å². The maximum atomic E-state index is 10.7. The highest BCUT2D eigenvalue weighted by atomic mass is 79.9. The molecule has 13 heavy (non-hydrogen) atoms. The van der Waals surface area contributed by atoms with Crippen LogP contribution in [0, 0.1) is 0 Å². The second kappa shape index (κ2) is 4.77. The van der Waals surface area contributed by atoms with Gasteiger partial charge in [-0.15, -0.1) is 0 Å². The SMILES string of the molecule is CC(CC(=O)Cl)c1cccc(Br)c1. The first-order valence-electron chi connectivity index (χ1n) is 4.03. The summed E-state index contributed by atoms with van der Waals surface area (Å²) in [5, 5.41) is -0.285. The fourth-order valence-corrected chi connectivity index (χ4v) is 1.82. The number of carbonyl (C=O) groups is 1. The predicted octanol–water partition coefficient (Wildman–Crippen LogP) is 3.71. The van der Waals surface area contributed by atoms with E-state index in [1.807, 2.05) is 31.2 Å². The third-order valence-corrected chi connectivity index (χ3v) is 2.53. The van der Waals surface area contributed by atoms with E-state index in [4.69, 9.17) is 11.6 Å². The van der Waals surface area contributed by atoms with Crippen LogP contribution in [0.2, 0.25) is 0 Å². The second-order valence-corrected chi connectivity index (χ2v) is 4.35. The molecule has 0 aliphatic heterocycles. The molecule has 0 bridgehead atoms. The molecule has 1 aromatic carbocycles. The average molecular weight is 262 g/mol. The van der Waals surface area contributed by atoms with Crippen molar-refractivity contribution in [3.05, 3.63) is 34.3 Å². The van der Waals surface area contributed by atoms with Gasteiger partial charge in [-0.05, 0) is 35.2 Å². The molecule has 3 heteroatoms. The first-order valence-corrected chi connectivity index (χ1v) is 5.20. The maximum Gasteiger partial charge on any atom is 0.222 e. The molecule has 1 rings (SSSR count). The molecule has 0 saturated carbocycles. The Balaban J connectivity index is 2.76. The zero-order valence-corrected chi connectivity index (χ0v) is 9.60. The standard InChI is InChI=1S/C10H10BrClO/c1-7(5-10(12)13)8-3-2-4-9(11)6-8/h2-4,6-7H,5H2,1H3. The molecule has 0 aromatic heterocycles. The van der Waals surface area contributed by atoms with Crippen LogP contribution in [0.25, 0.3) is 0 Å². The van der Waals surface area contributed by atoms with Gasteiger partial charge in [-0.1, -0.05) is 35.0 Å². The second-order valence-electron chi connectivity index (χ2n) is 3.02. The molecule has 0 aliphatic carbocycles. The van der Waals surface area contributed by atoms with Gasteiger partial charge in [0.1, 0.15) is 0 Å². The summed E-state index contributed by atoms with van der Waals surface area (Å²) >= 11 is 8.69. The Hall–Kier alpha value is -0.340. The first kappa shape index (κ1) is 10.7. The zero-order valence-electron chi connectivity index (χ0n) is 7.26. The molecule has 1 aromatic rings. The normalized spacial score (nSPS) is 12.5. The molecule has 1 atom stereocenters. The van der Waals surface area contributed by atoms with Crippen LogP contribution in [0.5, 0.6) is 0 Å². The van der Waals surface area contributed by atoms with Crippen molar-refractivity contribution in [2.75, 3.05) is 0 Å². The third-order valence-electron chi connectivity index (χ3n) is 1.88. The minimum atomic E-state index is -0.285. The summed E-state index contributed by atoms with van der Waals surface area (Å²) in [5.74, 6) is 0.183. The third kappa shape index (κ3) is 3.49. The summed E-state index contributed by atoms with van der Waals surface area (Å²) in [7, 11) is 0. The highest BCUT2D eigenvalue weighted by Crippen LogP contribution is 2.22. The van der Waals surface area contributed by atoms with Crippen molar-refractivity contribution in [1.29, 1.82) is 0 Å². The van der Waals surface area contributed by atoms with Gasteiger partial charge >= 0.3 is 0 Å². The first-order chi connectivity index (χ1) is 6.09. The number of hydrogen-bond donors (Lipinski definition) is 0. The van der Waals surface area contributed by atoms with E-state index in [2.05, 4.69) is 15.9 Å². The number of hydrogen-bond acceptors (Lipinski definition) is 1. The molecule has 1 nitrogen and oxygen atoms in total. The Morgan fingerprint density at radius 1 is 1.62 bits per heavy atom. The van der Waals surface area contributed by atoms with Crippen molar-refractivity contribution < 1.29 is 4.79 Å². The summed E-state index contributed by atoms with van der Waals surface area (Å²) in [6, 6.07) is 7.91. The predicted molar refractivity (Wildman–Crippen MR) is 58.0 cm³/mol. The summed E-state index contributed by atoms with van der Waals surface area (Å²) < 4.78 is 1.03. The Morgan fingerprint density at radius 2 is 2.31 bits per heavy atom. The van der Waals surface area contributed by atoms with Gasteiger partial charge in [-0.2, -0.15) is 0 Å². The van der Waals surface area contributed by atoms with Crippen molar-refractivity contribution in [2.45, 2.75) is 19.3 Å². The summed E-state index contributed by atoms with van der Waals surface area (Å²) in [4.78, 5) is 10.7. The molecule has 0 heterocycles. The number of carbonyl (C=O) groups excluding carboxylic acids is 1. The number of benzene rings is 1. The van der Waals surface area contributed by atoms with Crippen LogP contribution in [0.4, 0.5) is 0 Å². The van der Waals surface area contributed by atoms with Gasteiger partial charge in [0.25, 0.3) is 0 Å². The van der Waals surface area contributed by atoms with Gasteiger partial charge < -0.3 is 0 Å². The van der Waals surface area contributed by atoms with Gasteiger partial charge in [-0.25, -0.2) is 0 Å². The minimum Gasteiger partial charge on any atom is -0.281 e. The number of halogens is 2. The largest absolute Gasteiger partial charge is 0.281 e. The van der Waals surface area contributed by atoms with E-state index >= 15 is 0 Å². The van der Waals surface area contributed by atoms with E-state index in [9.17, 15) is 4.79 Å². The number of rotatable bonds is 3. The van der Waals surface area contributed by atoms with Crippen LogP contribution >= 0.6 is 27.5 Å². The minimum absolute atomic E-state index is 0.183. The van der Waals surface area contributed by atoms with Crippen molar-refractivity contribution >= 4 is 32.8 Å². The molecule has 0 fully saturated rings. The van der Waals surface area contributed by atoms with E-state index < -0.39 is 0 Å². The van der Waals surface area contributed by atoms with Gasteiger partial charge in [-0.3, -0.25) is 4.79 Å². The van der Waals surface area contributed by atoms with E-state index in [1.165, 1.54) is 0 Å². The molecule has 0 radical (unpaired) electrons. The van der Waals surface area contributed by atoms with Crippen molar-refractivity contribution in [3.63, 3.8) is 0 Å². The Morgan fingerprint density at radius 3 is 2.85 bits per heavy atom. The summed E-state index contributed by atoms with van der Waals surface area (Å²) in [5.41, 5.74) is 1.13. The molecule has 0 aliphatic rings.